The molecule has 6 heterocycles. The van der Waals surface area contributed by atoms with Crippen LogP contribution in [0.15, 0.2) is 68.4 Å². The summed E-state index contributed by atoms with van der Waals surface area (Å²) >= 11 is 0. The van der Waals surface area contributed by atoms with Gasteiger partial charge in [-0.25, -0.2) is 19.6 Å². The molecule has 12 rings (SSSR count). The van der Waals surface area contributed by atoms with Crippen LogP contribution >= 0.6 is 0 Å². The second kappa shape index (κ2) is 27.0. The van der Waals surface area contributed by atoms with Crippen molar-refractivity contribution in [3.05, 3.63) is 80.6 Å². The van der Waals surface area contributed by atoms with Crippen LogP contribution in [0.2, 0.25) is 0 Å². The summed E-state index contributed by atoms with van der Waals surface area (Å²) in [5.41, 5.74) is 10.5. The van der Waals surface area contributed by atoms with Gasteiger partial charge in [-0.15, -0.1) is 0 Å². The normalized spacial score (nSPS) is 29.9. The molecule has 82 heavy (non-hydrogen) atoms. The van der Waals surface area contributed by atoms with Crippen molar-refractivity contribution < 1.29 is 73.7 Å². The number of rotatable bonds is 15. The van der Waals surface area contributed by atoms with E-state index in [0.29, 0.717) is 52.8 Å². The number of nitrogens with zero attached hydrogens (tertiary/aromatic N) is 8. The van der Waals surface area contributed by atoms with Crippen LogP contribution in [0.1, 0.15) is 172 Å². The van der Waals surface area contributed by atoms with Gasteiger partial charge >= 0.3 is 41.5 Å². The molecule has 4 aromatic rings. The number of esters is 1. The van der Waals surface area contributed by atoms with Crippen molar-refractivity contribution in [3.8, 4) is 0 Å². The number of oxime groups is 2. The van der Waals surface area contributed by atoms with Crippen LogP contribution in [0.25, 0.3) is 22.1 Å². The Morgan fingerprint density at radius 1 is 0.537 bits per heavy atom. The molecule has 10 atom stereocenters. The molecule has 0 spiro atoms. The number of carbonyl (C=O) groups excluding carboxylic acids is 3. The van der Waals surface area contributed by atoms with Crippen molar-refractivity contribution in [1.29, 1.82) is 0 Å². The van der Waals surface area contributed by atoms with Crippen molar-refractivity contribution in [2.24, 2.45) is 45.5 Å². The third-order valence-corrected chi connectivity index (χ3v) is 19.2. The van der Waals surface area contributed by atoms with Gasteiger partial charge in [0.05, 0.1) is 28.7 Å². The number of ether oxygens (including phenoxy) is 1. The number of carboxylic acids is 1. The summed E-state index contributed by atoms with van der Waals surface area (Å²) in [7, 11) is 0. The Kier molecular flexibility index (Phi) is 20.1. The van der Waals surface area contributed by atoms with Gasteiger partial charge in [-0.3, -0.25) is 29.0 Å². The number of benzene rings is 2. The molecule has 4 aliphatic carbocycles. The van der Waals surface area contributed by atoms with Crippen LogP contribution in [-0.4, -0.2) is 131 Å². The summed E-state index contributed by atoms with van der Waals surface area (Å²) in [5.74, 6) is -0.372. The molecule has 4 aliphatic heterocycles. The van der Waals surface area contributed by atoms with E-state index in [1.54, 1.807) is 17.6 Å². The van der Waals surface area contributed by atoms with Gasteiger partial charge in [0.2, 0.25) is 11.4 Å². The maximum absolute atomic E-state index is 14.2. The standard InChI is InChI=1S/C31H41N5O5.C29H37N5O5.Na.H2O/c1-2-40-31(39)29(34-41-18-27(32)37)28-30(38)36(26-12-4-3-11-25(26)33-28)24-16-21-9-6-10-22(17-24)35(21)23-14-19-7-5-8-20(13-19)15-23;30-25(35)16-39-32-27(29(37)38)26-28(36)34(24-10-2-1-9-23(24)31-26)22-14-19-7-4-8-20(15-22)33(19)21-12-17-5-3-6-18(11-17)13-21;;/h3-4,11-12,19-24H,2,5-10,13-18H2,1H3,(H2,32,37);1-2,9-10,17-22H,3-8,11-16H2,(H2,30,35)(H,37,38);;1H2/q;;+1;/p-1/b34-29-;32-27-;;/t19?,20?,21-,22+,23?,24?;17?,18?,19-,20+,21?,22?;;. The van der Waals surface area contributed by atoms with Gasteiger partial charge in [0.15, 0.2) is 24.6 Å². The van der Waals surface area contributed by atoms with E-state index in [1.807, 2.05) is 47.0 Å². The summed E-state index contributed by atoms with van der Waals surface area (Å²) in [6.45, 7) is 0.622. The third kappa shape index (κ3) is 13.0. The summed E-state index contributed by atoms with van der Waals surface area (Å²) in [6, 6.07) is 17.8. The van der Waals surface area contributed by atoms with Crippen LogP contribution in [0.5, 0.6) is 0 Å². The summed E-state index contributed by atoms with van der Waals surface area (Å²) in [4.78, 5) is 100.0. The monoisotopic (exact) mass is 1140 g/mol. The molecule has 21 nitrogen and oxygen atoms in total. The maximum Gasteiger partial charge on any atom is 1.00 e. The predicted molar refractivity (Wildman–Crippen MR) is 302 cm³/mol. The molecule has 2 aromatic heterocycles. The number of carboxylic acid groups (broad SMARTS) is 1. The van der Waals surface area contributed by atoms with Gasteiger partial charge in [0, 0.05) is 48.3 Å². The molecule has 2 aromatic carbocycles. The fourth-order valence-electron chi connectivity index (χ4n) is 16.5. The smallest absolute Gasteiger partial charge is 0.870 e. The second-order valence-corrected chi connectivity index (χ2v) is 24.3. The number of aliphatic carboxylic acids is 1. The number of amides is 2. The van der Waals surface area contributed by atoms with E-state index in [4.69, 9.17) is 25.9 Å². The predicted octanol–water partition coefficient (Wildman–Crippen LogP) is 3.73. The van der Waals surface area contributed by atoms with Crippen LogP contribution in [0, 0.1) is 23.7 Å². The molecule has 436 valence electrons. The minimum atomic E-state index is -1.46. The van der Waals surface area contributed by atoms with Gasteiger partial charge in [-0.1, -0.05) is 85.9 Å². The SMILES string of the molecule is CCOC(=O)/C(=N\OCC(N)=O)c1nc2ccccc2n(C2C[C@H]3CCC[C@@H](C2)N3C2CC3CCCC(C3)C2)c1=O.NC(=O)CO/N=C(\C(=O)O)c1nc2ccccc2n(C2C[C@H]3CCC[C@@H](C2)N3C2CC3CCCC(C3)C2)c1=O.[Na+].[OH-]. The molecular weight excluding hydrogens is 1060 g/mol. The molecular formula is C60H79N10NaO11. The molecule has 8 bridgehead atoms. The first kappa shape index (κ1) is 61.0. The first-order valence-corrected chi connectivity index (χ1v) is 29.8. The van der Waals surface area contributed by atoms with Crippen LogP contribution in [0.3, 0.4) is 0 Å². The first-order chi connectivity index (χ1) is 38.8. The number of hydrogen-bond acceptors (Lipinski definition) is 16. The fourth-order valence-corrected chi connectivity index (χ4v) is 16.5. The van der Waals surface area contributed by atoms with Crippen LogP contribution in [-0.2, 0) is 33.6 Å². The molecule has 8 aliphatic rings. The number of fused-ring (bicyclic) bond motifs is 10. The molecule has 2 amide bonds. The van der Waals surface area contributed by atoms with E-state index in [2.05, 4.69) is 30.1 Å². The van der Waals surface area contributed by atoms with E-state index in [1.165, 1.54) is 89.9 Å². The number of piperidine rings is 4. The number of hydrogen-bond donors (Lipinski definition) is 3. The summed E-state index contributed by atoms with van der Waals surface area (Å²) in [6.07, 6.45) is 26.8. The number of nitrogens with two attached hydrogens (primary N) is 2. The topological polar surface area (TPSA) is 299 Å². The quantitative estimate of drug-likeness (QED) is 0.0661. The number of para-hydroxylation sites is 4. The van der Waals surface area contributed by atoms with Gasteiger partial charge < -0.3 is 45.6 Å². The third-order valence-electron chi connectivity index (χ3n) is 19.2. The average molecular weight is 1140 g/mol. The van der Waals surface area contributed by atoms with Crippen molar-refractivity contribution in [2.45, 2.75) is 197 Å². The first-order valence-electron chi connectivity index (χ1n) is 29.8. The molecule has 8 fully saturated rings. The van der Waals surface area contributed by atoms with Gasteiger partial charge in [0.25, 0.3) is 22.9 Å². The van der Waals surface area contributed by atoms with E-state index in [-0.39, 0.29) is 70.8 Å². The molecule has 4 saturated heterocycles. The number of primary amides is 2. The molecule has 4 saturated carbocycles. The Labute approximate surface area is 499 Å². The molecule has 22 heteroatoms. The fraction of sp³-hybridized carbons (Fsp3) is 0.633. The van der Waals surface area contributed by atoms with Crippen LogP contribution in [0.4, 0.5) is 0 Å². The number of carbonyl (C=O) groups is 4. The summed E-state index contributed by atoms with van der Waals surface area (Å²) in [5, 5.41) is 17.2. The van der Waals surface area contributed by atoms with E-state index < -0.39 is 53.8 Å². The van der Waals surface area contributed by atoms with Crippen LogP contribution < -0.4 is 52.1 Å². The zero-order valence-electron chi connectivity index (χ0n) is 47.5. The minimum absolute atomic E-state index is 0. The Hall–Kier alpha value is -5.58. The van der Waals surface area contributed by atoms with Crippen molar-refractivity contribution in [3.63, 3.8) is 0 Å². The van der Waals surface area contributed by atoms with Gasteiger partial charge in [-0.05, 0) is 145 Å². The maximum atomic E-state index is 14.2. The Morgan fingerprint density at radius 2 is 0.902 bits per heavy atom. The van der Waals surface area contributed by atoms with Gasteiger partial charge in [-0.2, -0.15) is 0 Å². The average Bonchev–Trinajstić information content (AvgIpc) is 3.63. The Bertz CT molecular complexity index is 3120. The Morgan fingerprint density at radius 3 is 1.28 bits per heavy atom. The van der Waals surface area contributed by atoms with E-state index in [9.17, 15) is 33.9 Å². The molecule has 0 radical (unpaired) electrons. The zero-order valence-corrected chi connectivity index (χ0v) is 49.5. The molecule has 6 N–H and O–H groups in total. The Balaban J connectivity index is 0.000000193. The van der Waals surface area contributed by atoms with Crippen molar-refractivity contribution in [2.75, 3.05) is 19.8 Å². The van der Waals surface area contributed by atoms with Crippen molar-refractivity contribution in [1.82, 2.24) is 28.9 Å². The van der Waals surface area contributed by atoms with E-state index in [0.717, 1.165) is 80.6 Å². The second-order valence-electron chi connectivity index (χ2n) is 24.3. The summed E-state index contributed by atoms with van der Waals surface area (Å²) < 4.78 is 8.77. The van der Waals surface area contributed by atoms with Gasteiger partial charge in [0.1, 0.15) is 0 Å². The van der Waals surface area contributed by atoms with Crippen molar-refractivity contribution >= 4 is 57.2 Å². The number of aromatic nitrogens is 4. The van der Waals surface area contributed by atoms with E-state index >= 15 is 0 Å². The minimum Gasteiger partial charge on any atom is -0.870 e. The zero-order chi connectivity index (χ0) is 55.6. The molecule has 6 unspecified atom stereocenters. The largest absolute Gasteiger partial charge is 1.00 e.